The maximum Gasteiger partial charge on any atom is 0.160 e. The zero-order valence-corrected chi connectivity index (χ0v) is 6.95. The van der Waals surface area contributed by atoms with Gasteiger partial charge in [-0.05, 0) is 6.92 Å². The molecule has 4 heteroatoms. The molecule has 1 atom stereocenters. The van der Waals surface area contributed by atoms with Gasteiger partial charge in [0, 0.05) is 6.54 Å². The van der Waals surface area contributed by atoms with Gasteiger partial charge in [-0.2, -0.15) is 0 Å². The lowest BCUT2D eigenvalue weighted by molar-refractivity contribution is -0.132. The fourth-order valence-corrected chi connectivity index (χ4v) is 1.11. The van der Waals surface area contributed by atoms with E-state index in [9.17, 15) is 9.59 Å². The number of Topliss-reactive ketones (excluding diaryl/α,β-unsaturated/α-hetero) is 1. The van der Waals surface area contributed by atoms with Crippen molar-refractivity contribution in [2.75, 3.05) is 19.7 Å². The number of nitrogens with zero attached hydrogens (tertiary/aromatic N) is 1. The number of ketones is 1. The highest BCUT2D eigenvalue weighted by Crippen LogP contribution is 2.05. The Morgan fingerprint density at radius 2 is 2.50 bits per heavy atom. The Hall–Kier alpha value is -1.12. The molecule has 12 heavy (non-hydrogen) atoms. The van der Waals surface area contributed by atoms with Crippen LogP contribution in [0.5, 0.6) is 0 Å². The second kappa shape index (κ2) is 4.04. The summed E-state index contributed by atoms with van der Waals surface area (Å²) in [5.74, 6) is 1.68. The van der Waals surface area contributed by atoms with Crippen LogP contribution in [0.1, 0.15) is 6.92 Å². The predicted molar refractivity (Wildman–Crippen MR) is 42.3 cm³/mol. The Bertz CT molecular complexity index is 212. The van der Waals surface area contributed by atoms with Gasteiger partial charge < -0.3 is 9.64 Å². The first-order chi connectivity index (χ1) is 5.74. The summed E-state index contributed by atoms with van der Waals surface area (Å²) in [6, 6.07) is 0. The molecule has 0 aromatic rings. The smallest absolute Gasteiger partial charge is 0.160 e. The first-order valence-electron chi connectivity index (χ1n) is 3.81. The van der Waals surface area contributed by atoms with Crippen LogP contribution in [0.4, 0.5) is 0 Å². The first kappa shape index (κ1) is 8.97. The third-order valence-corrected chi connectivity index (χ3v) is 1.79. The Labute approximate surface area is 70.8 Å². The fraction of sp³-hybridized carbons (Fsp3) is 0.625. The maximum atomic E-state index is 10.9. The van der Waals surface area contributed by atoms with E-state index in [1.165, 1.54) is 13.1 Å². The van der Waals surface area contributed by atoms with Crippen molar-refractivity contribution >= 4 is 11.7 Å². The van der Waals surface area contributed by atoms with Crippen LogP contribution in [0.15, 0.2) is 6.20 Å². The number of morpholine rings is 1. The lowest BCUT2D eigenvalue weighted by atomic mass is 10.2. The number of rotatable bonds is 2. The van der Waals surface area contributed by atoms with Crippen LogP contribution in [0.25, 0.3) is 0 Å². The van der Waals surface area contributed by atoms with Gasteiger partial charge >= 0.3 is 0 Å². The summed E-state index contributed by atoms with van der Waals surface area (Å²) in [6.45, 7) is 3.09. The number of hydrogen-bond acceptors (Lipinski definition) is 4. The molecular formula is C8H11NO3. The number of hydrogen-bond donors (Lipinski definition) is 0. The highest BCUT2D eigenvalue weighted by atomic mass is 16.5. The number of carbonyl (C=O) groups excluding carboxylic acids is 2. The highest BCUT2D eigenvalue weighted by molar-refractivity contribution is 5.80. The average Bonchev–Trinajstić information content (AvgIpc) is 2.05. The number of carbonyl (C=O) groups is 1. The van der Waals surface area contributed by atoms with E-state index in [2.05, 4.69) is 0 Å². The second-order valence-corrected chi connectivity index (χ2v) is 2.71. The van der Waals surface area contributed by atoms with Gasteiger partial charge in [-0.25, -0.2) is 4.79 Å². The molecule has 1 unspecified atom stereocenters. The van der Waals surface area contributed by atoms with Crippen molar-refractivity contribution in [3.8, 4) is 0 Å². The molecule has 0 spiro atoms. The molecule has 0 aromatic heterocycles. The molecule has 1 fully saturated rings. The van der Waals surface area contributed by atoms with Crippen LogP contribution in [0.3, 0.4) is 0 Å². The van der Waals surface area contributed by atoms with E-state index >= 15 is 0 Å². The van der Waals surface area contributed by atoms with Gasteiger partial charge in [-0.15, -0.1) is 0 Å². The minimum absolute atomic E-state index is 0.000927. The van der Waals surface area contributed by atoms with Crippen molar-refractivity contribution in [3.63, 3.8) is 0 Å². The van der Waals surface area contributed by atoms with E-state index in [1.807, 2.05) is 0 Å². The monoisotopic (exact) mass is 169 g/mol. The topological polar surface area (TPSA) is 46.6 Å². The average molecular weight is 169 g/mol. The molecule has 1 aliphatic heterocycles. The predicted octanol–water partition coefficient (Wildman–Crippen LogP) is -0.379. The van der Waals surface area contributed by atoms with Crippen LogP contribution in [-0.4, -0.2) is 42.4 Å². The molecule has 0 aromatic carbocycles. The van der Waals surface area contributed by atoms with Crippen molar-refractivity contribution in [1.29, 1.82) is 0 Å². The van der Waals surface area contributed by atoms with Crippen LogP contribution in [0.2, 0.25) is 0 Å². The van der Waals surface area contributed by atoms with Crippen molar-refractivity contribution in [2.24, 2.45) is 0 Å². The zero-order valence-electron chi connectivity index (χ0n) is 6.95. The first-order valence-corrected chi connectivity index (χ1v) is 3.81. The highest BCUT2D eigenvalue weighted by Gasteiger charge is 2.21. The summed E-state index contributed by atoms with van der Waals surface area (Å²) in [5, 5.41) is 0. The summed E-state index contributed by atoms with van der Waals surface area (Å²) >= 11 is 0. The summed E-state index contributed by atoms with van der Waals surface area (Å²) in [4.78, 5) is 22.6. The Morgan fingerprint density at radius 1 is 1.75 bits per heavy atom. The third-order valence-electron chi connectivity index (χ3n) is 1.79. The maximum absolute atomic E-state index is 10.9. The molecule has 1 saturated heterocycles. The molecule has 0 bridgehead atoms. The molecule has 0 amide bonds. The van der Waals surface area contributed by atoms with E-state index in [4.69, 9.17) is 4.74 Å². The lowest BCUT2D eigenvalue weighted by Crippen LogP contribution is -2.42. The van der Waals surface area contributed by atoms with Crippen molar-refractivity contribution < 1.29 is 14.3 Å². The third kappa shape index (κ3) is 2.19. The van der Waals surface area contributed by atoms with Crippen LogP contribution in [0, 0.1) is 0 Å². The molecule has 1 aliphatic rings. The quantitative estimate of drug-likeness (QED) is 0.529. The molecule has 66 valence electrons. The Kier molecular flexibility index (Phi) is 3.02. The van der Waals surface area contributed by atoms with Gasteiger partial charge in [0.05, 0.1) is 19.4 Å². The van der Waals surface area contributed by atoms with Gasteiger partial charge in [-0.3, -0.25) is 4.79 Å². The standard InChI is InChI=1S/C8H11NO3/c1-7(11)8-6-9(2-4-10)3-5-12-8/h2,8H,3,5-6H2,1H3. The van der Waals surface area contributed by atoms with E-state index in [1.54, 1.807) is 10.8 Å². The van der Waals surface area contributed by atoms with E-state index in [-0.39, 0.29) is 11.9 Å². The number of ether oxygens (including phenoxy) is 1. The summed E-state index contributed by atoms with van der Waals surface area (Å²) in [6.07, 6.45) is 0.932. The minimum Gasteiger partial charge on any atom is -0.367 e. The van der Waals surface area contributed by atoms with Crippen LogP contribution >= 0.6 is 0 Å². The van der Waals surface area contributed by atoms with E-state index < -0.39 is 0 Å². The summed E-state index contributed by atoms with van der Waals surface area (Å²) < 4.78 is 5.17. The molecule has 0 N–H and O–H groups in total. The minimum atomic E-state index is -0.386. The van der Waals surface area contributed by atoms with E-state index in [0.717, 1.165) is 0 Å². The molecule has 1 rings (SSSR count). The Balaban J connectivity index is 2.51. The normalized spacial score (nSPS) is 23.1. The second-order valence-electron chi connectivity index (χ2n) is 2.71. The van der Waals surface area contributed by atoms with Gasteiger partial charge in [0.2, 0.25) is 0 Å². The van der Waals surface area contributed by atoms with Crippen molar-refractivity contribution in [3.05, 3.63) is 6.20 Å². The van der Waals surface area contributed by atoms with Gasteiger partial charge in [0.1, 0.15) is 12.0 Å². The van der Waals surface area contributed by atoms with Crippen molar-refractivity contribution in [2.45, 2.75) is 13.0 Å². The van der Waals surface area contributed by atoms with Crippen LogP contribution in [-0.2, 0) is 14.3 Å². The van der Waals surface area contributed by atoms with Gasteiger partial charge in [0.25, 0.3) is 0 Å². The molecule has 0 radical (unpaired) electrons. The molecule has 1 heterocycles. The molecule has 0 saturated carbocycles. The lowest BCUT2D eigenvalue weighted by Gasteiger charge is -2.29. The van der Waals surface area contributed by atoms with Gasteiger partial charge in [-0.1, -0.05) is 0 Å². The zero-order chi connectivity index (χ0) is 8.97. The fourth-order valence-electron chi connectivity index (χ4n) is 1.11. The molecular weight excluding hydrogens is 158 g/mol. The Morgan fingerprint density at radius 3 is 3.08 bits per heavy atom. The molecule has 0 aliphatic carbocycles. The van der Waals surface area contributed by atoms with Crippen molar-refractivity contribution in [1.82, 2.24) is 4.90 Å². The SMILES string of the molecule is CC(=O)C1CN(C=C=O)CCO1. The summed E-state index contributed by atoms with van der Waals surface area (Å²) in [5.41, 5.74) is 0. The van der Waals surface area contributed by atoms with E-state index in [0.29, 0.717) is 19.7 Å². The largest absolute Gasteiger partial charge is 0.367 e. The molecule has 4 nitrogen and oxygen atoms in total. The van der Waals surface area contributed by atoms with Crippen LogP contribution < -0.4 is 0 Å². The van der Waals surface area contributed by atoms with Gasteiger partial charge in [0.15, 0.2) is 5.78 Å². The summed E-state index contributed by atoms with van der Waals surface area (Å²) in [7, 11) is 0.